The van der Waals surface area contributed by atoms with Gasteiger partial charge in [-0.25, -0.2) is 0 Å². The molecule has 1 aliphatic rings. The van der Waals surface area contributed by atoms with Crippen LogP contribution in [-0.4, -0.2) is 24.3 Å². The van der Waals surface area contributed by atoms with Gasteiger partial charge in [0.2, 0.25) is 0 Å². The van der Waals surface area contributed by atoms with Crippen LogP contribution in [0.15, 0.2) is 12.3 Å². The smallest absolute Gasteiger partial charge is 0.144 e. The van der Waals surface area contributed by atoms with E-state index in [1.165, 1.54) is 6.08 Å². The maximum atomic E-state index is 9.62. The molecule has 0 bridgehead atoms. The van der Waals surface area contributed by atoms with E-state index < -0.39 is 0 Å². The molecule has 0 saturated carbocycles. The average molecular weight is 97.1 g/mol. The van der Waals surface area contributed by atoms with Gasteiger partial charge in [0.15, 0.2) is 0 Å². The van der Waals surface area contributed by atoms with Crippen LogP contribution >= 0.6 is 0 Å². The second-order valence-corrected chi connectivity index (χ2v) is 1.51. The fourth-order valence-electron chi connectivity index (χ4n) is 0.364. The molecule has 0 aliphatic carbocycles. The fraction of sp³-hybridized carbons (Fsp3) is 0.400. The lowest BCUT2D eigenvalue weighted by Gasteiger charge is -1.80. The van der Waals surface area contributed by atoms with Crippen LogP contribution in [0, 0.1) is 0 Å². The van der Waals surface area contributed by atoms with Gasteiger partial charge in [-0.15, -0.1) is 0 Å². The van der Waals surface area contributed by atoms with Crippen molar-refractivity contribution in [3.05, 3.63) is 12.3 Å². The summed E-state index contributed by atoms with van der Waals surface area (Å²) in [5.74, 6) is 0. The number of aldehydes is 1. The number of allylic oxidation sites excluding steroid dienone is 1. The summed E-state index contributed by atoms with van der Waals surface area (Å²) in [6.07, 6.45) is 4.10. The lowest BCUT2D eigenvalue weighted by molar-refractivity contribution is -0.104. The normalized spacial score (nSPS) is 18.0. The average Bonchev–Trinajstić information content (AvgIpc) is 2.42. The molecular formula is C5H7NO. The van der Waals surface area contributed by atoms with E-state index in [1.54, 1.807) is 6.20 Å². The molecule has 2 heteroatoms. The molecule has 1 fully saturated rings. The van der Waals surface area contributed by atoms with E-state index in [1.807, 2.05) is 0 Å². The van der Waals surface area contributed by atoms with Crippen molar-refractivity contribution in [2.75, 3.05) is 13.1 Å². The second kappa shape index (κ2) is 1.78. The van der Waals surface area contributed by atoms with Crippen molar-refractivity contribution < 1.29 is 4.79 Å². The number of hydrogen-bond acceptors (Lipinski definition) is 2. The molecule has 0 unspecified atom stereocenters. The first kappa shape index (κ1) is 4.37. The molecule has 0 spiro atoms. The molecular weight excluding hydrogens is 90.1 g/mol. The summed E-state index contributed by atoms with van der Waals surface area (Å²) in [5.41, 5.74) is 0. The Kier molecular flexibility index (Phi) is 1.11. The van der Waals surface area contributed by atoms with Crippen LogP contribution in [0.2, 0.25) is 0 Å². The van der Waals surface area contributed by atoms with Crippen molar-refractivity contribution in [1.82, 2.24) is 4.90 Å². The first-order valence-corrected chi connectivity index (χ1v) is 2.29. The van der Waals surface area contributed by atoms with Gasteiger partial charge in [0.25, 0.3) is 0 Å². The third kappa shape index (κ3) is 1.39. The minimum Gasteiger partial charge on any atom is -0.374 e. The standard InChI is InChI=1S/C5H7NO/c7-5-1-2-6-3-4-6/h1-2,5H,3-4H2/b2-1+. The van der Waals surface area contributed by atoms with E-state index in [0.29, 0.717) is 0 Å². The van der Waals surface area contributed by atoms with E-state index in [-0.39, 0.29) is 0 Å². The zero-order chi connectivity index (χ0) is 5.11. The molecule has 7 heavy (non-hydrogen) atoms. The van der Waals surface area contributed by atoms with Gasteiger partial charge in [-0.1, -0.05) is 0 Å². The van der Waals surface area contributed by atoms with Gasteiger partial charge in [0.05, 0.1) is 0 Å². The molecule has 0 aromatic rings. The summed E-state index contributed by atoms with van der Waals surface area (Å²) in [6.45, 7) is 2.23. The molecule has 1 saturated heterocycles. The van der Waals surface area contributed by atoms with Crippen LogP contribution in [0.3, 0.4) is 0 Å². The Labute approximate surface area is 42.4 Å². The molecule has 0 aromatic heterocycles. The zero-order valence-corrected chi connectivity index (χ0v) is 4.00. The SMILES string of the molecule is O=C/C=C/N1CC1. The van der Waals surface area contributed by atoms with Gasteiger partial charge >= 0.3 is 0 Å². The first-order chi connectivity index (χ1) is 3.43. The first-order valence-electron chi connectivity index (χ1n) is 2.29. The molecule has 0 radical (unpaired) electrons. The Morgan fingerprint density at radius 2 is 2.14 bits per heavy atom. The van der Waals surface area contributed by atoms with Crippen LogP contribution in [-0.2, 0) is 4.79 Å². The van der Waals surface area contributed by atoms with Crippen molar-refractivity contribution in [3.8, 4) is 0 Å². The largest absolute Gasteiger partial charge is 0.374 e. The van der Waals surface area contributed by atoms with E-state index in [9.17, 15) is 4.79 Å². The van der Waals surface area contributed by atoms with Crippen LogP contribution in [0.4, 0.5) is 0 Å². The highest BCUT2D eigenvalue weighted by Gasteiger charge is 2.09. The highest BCUT2D eigenvalue weighted by molar-refractivity contribution is 5.64. The molecule has 0 amide bonds. The molecule has 0 atom stereocenters. The quantitative estimate of drug-likeness (QED) is 0.275. The van der Waals surface area contributed by atoms with Crippen LogP contribution < -0.4 is 0 Å². The Hall–Kier alpha value is -0.790. The lowest BCUT2D eigenvalue weighted by Crippen LogP contribution is -1.77. The predicted octanol–water partition coefficient (Wildman–Crippen LogP) is 0.0146. The van der Waals surface area contributed by atoms with E-state index in [4.69, 9.17) is 0 Å². The van der Waals surface area contributed by atoms with Gasteiger partial charge in [0, 0.05) is 19.3 Å². The van der Waals surface area contributed by atoms with Gasteiger partial charge in [0.1, 0.15) is 6.29 Å². The second-order valence-electron chi connectivity index (χ2n) is 1.51. The van der Waals surface area contributed by atoms with Crippen LogP contribution in [0.25, 0.3) is 0 Å². The predicted molar refractivity (Wildman–Crippen MR) is 26.8 cm³/mol. The lowest BCUT2D eigenvalue weighted by atomic mass is 10.7. The van der Waals surface area contributed by atoms with Crippen molar-refractivity contribution in [2.24, 2.45) is 0 Å². The summed E-state index contributed by atoms with van der Waals surface area (Å²) in [7, 11) is 0. The van der Waals surface area contributed by atoms with Gasteiger partial charge < -0.3 is 4.90 Å². The van der Waals surface area contributed by atoms with Crippen molar-refractivity contribution in [3.63, 3.8) is 0 Å². The summed E-state index contributed by atoms with van der Waals surface area (Å²) >= 11 is 0. The molecule has 0 N–H and O–H groups in total. The van der Waals surface area contributed by atoms with Crippen molar-refractivity contribution in [2.45, 2.75) is 0 Å². The van der Waals surface area contributed by atoms with Gasteiger partial charge in [-0.2, -0.15) is 0 Å². The Bertz CT molecular complexity index is 94.3. The monoisotopic (exact) mass is 97.1 g/mol. The molecule has 1 heterocycles. The summed E-state index contributed by atoms with van der Waals surface area (Å²) in [6, 6.07) is 0. The molecule has 0 aromatic carbocycles. The number of rotatable bonds is 2. The Morgan fingerprint density at radius 1 is 1.43 bits per heavy atom. The summed E-state index contributed by atoms with van der Waals surface area (Å²) in [5, 5.41) is 0. The van der Waals surface area contributed by atoms with E-state index in [2.05, 4.69) is 4.90 Å². The Balaban J connectivity index is 2.17. The third-order valence-electron chi connectivity index (χ3n) is 0.857. The number of carbonyl (C=O) groups is 1. The maximum Gasteiger partial charge on any atom is 0.144 e. The fourth-order valence-corrected chi connectivity index (χ4v) is 0.364. The molecule has 38 valence electrons. The van der Waals surface area contributed by atoms with Crippen LogP contribution in [0.5, 0.6) is 0 Å². The zero-order valence-electron chi connectivity index (χ0n) is 4.00. The van der Waals surface area contributed by atoms with Crippen molar-refractivity contribution in [1.29, 1.82) is 0 Å². The Morgan fingerprint density at radius 3 is 2.57 bits per heavy atom. The van der Waals surface area contributed by atoms with Crippen molar-refractivity contribution >= 4 is 6.29 Å². The summed E-state index contributed by atoms with van der Waals surface area (Å²) < 4.78 is 0. The molecule has 2 nitrogen and oxygen atoms in total. The number of hydrogen-bond donors (Lipinski definition) is 0. The highest BCUT2D eigenvalue weighted by atomic mass is 16.1. The topological polar surface area (TPSA) is 20.1 Å². The third-order valence-corrected chi connectivity index (χ3v) is 0.857. The maximum absolute atomic E-state index is 9.62. The molecule has 1 aliphatic heterocycles. The number of nitrogens with zero attached hydrogens (tertiary/aromatic N) is 1. The van der Waals surface area contributed by atoms with Gasteiger partial charge in [-0.3, -0.25) is 4.79 Å². The van der Waals surface area contributed by atoms with Crippen LogP contribution in [0.1, 0.15) is 0 Å². The molecule has 1 rings (SSSR count). The number of carbonyl (C=O) groups excluding carboxylic acids is 1. The van der Waals surface area contributed by atoms with E-state index >= 15 is 0 Å². The van der Waals surface area contributed by atoms with Gasteiger partial charge in [-0.05, 0) is 6.08 Å². The minimum atomic E-state index is 0.790. The highest BCUT2D eigenvalue weighted by Crippen LogP contribution is 2.01. The summed E-state index contributed by atoms with van der Waals surface area (Å²) in [4.78, 5) is 11.7. The minimum absolute atomic E-state index is 0.790. The van der Waals surface area contributed by atoms with E-state index in [0.717, 1.165) is 19.4 Å².